The van der Waals surface area contributed by atoms with Crippen LogP contribution in [0.1, 0.15) is 11.1 Å². The van der Waals surface area contributed by atoms with Crippen molar-refractivity contribution in [3.05, 3.63) is 35.4 Å². The molecule has 1 aromatic carbocycles. The monoisotopic (exact) mass is 218 g/mol. The van der Waals surface area contributed by atoms with Crippen molar-refractivity contribution in [2.45, 2.75) is 12.7 Å². The summed E-state index contributed by atoms with van der Waals surface area (Å²) in [6.07, 6.45) is -4.26. The second-order valence-electron chi connectivity index (χ2n) is 3.16. The Hall–Kier alpha value is -1.07. The standard InChI is InChI=1S/C10H13F3N2/c11-10(12,13)9-3-1-8(2-4-9)7-15-6-5-14/h1-4,15H,5-7,14H2. The molecule has 5 heteroatoms. The summed E-state index contributed by atoms with van der Waals surface area (Å²) in [5.41, 5.74) is 5.46. The number of halogens is 3. The van der Waals surface area contributed by atoms with Crippen molar-refractivity contribution in [2.75, 3.05) is 13.1 Å². The number of alkyl halides is 3. The highest BCUT2D eigenvalue weighted by Crippen LogP contribution is 2.28. The van der Waals surface area contributed by atoms with Crippen LogP contribution in [-0.4, -0.2) is 13.1 Å². The van der Waals surface area contributed by atoms with E-state index in [2.05, 4.69) is 5.32 Å². The zero-order valence-corrected chi connectivity index (χ0v) is 8.14. The third kappa shape index (κ3) is 3.89. The zero-order valence-electron chi connectivity index (χ0n) is 8.14. The van der Waals surface area contributed by atoms with Crippen LogP contribution in [-0.2, 0) is 12.7 Å². The molecule has 3 N–H and O–H groups in total. The molecular formula is C10H13F3N2. The Kier molecular flexibility index (Phi) is 4.11. The maximum Gasteiger partial charge on any atom is 0.416 e. The molecule has 0 atom stereocenters. The first kappa shape index (κ1) is 12.0. The maximum atomic E-state index is 12.2. The minimum absolute atomic E-state index is 0.515. The van der Waals surface area contributed by atoms with Crippen molar-refractivity contribution >= 4 is 0 Å². The molecule has 2 nitrogen and oxygen atoms in total. The van der Waals surface area contributed by atoms with E-state index in [-0.39, 0.29) is 0 Å². The van der Waals surface area contributed by atoms with Gasteiger partial charge in [-0.1, -0.05) is 12.1 Å². The van der Waals surface area contributed by atoms with Crippen molar-refractivity contribution in [1.29, 1.82) is 0 Å². The van der Waals surface area contributed by atoms with E-state index >= 15 is 0 Å². The number of hydrogen-bond donors (Lipinski definition) is 2. The molecule has 0 bridgehead atoms. The zero-order chi connectivity index (χ0) is 11.3. The third-order valence-electron chi connectivity index (χ3n) is 1.93. The van der Waals surface area contributed by atoms with E-state index in [1.54, 1.807) is 0 Å². The van der Waals surface area contributed by atoms with E-state index in [0.29, 0.717) is 19.6 Å². The molecule has 0 saturated carbocycles. The summed E-state index contributed by atoms with van der Waals surface area (Å²) in [6.45, 7) is 1.71. The third-order valence-corrected chi connectivity index (χ3v) is 1.93. The van der Waals surface area contributed by atoms with Gasteiger partial charge >= 0.3 is 6.18 Å². The largest absolute Gasteiger partial charge is 0.416 e. The lowest BCUT2D eigenvalue weighted by Crippen LogP contribution is -2.21. The van der Waals surface area contributed by atoms with Crippen molar-refractivity contribution in [1.82, 2.24) is 5.32 Å². The van der Waals surface area contributed by atoms with Crippen LogP contribution in [0.15, 0.2) is 24.3 Å². The van der Waals surface area contributed by atoms with Crippen LogP contribution in [0.2, 0.25) is 0 Å². The number of hydrogen-bond acceptors (Lipinski definition) is 2. The Morgan fingerprint density at radius 1 is 1.13 bits per heavy atom. The SMILES string of the molecule is NCCNCc1ccc(C(F)(F)F)cc1. The van der Waals surface area contributed by atoms with E-state index in [1.165, 1.54) is 12.1 Å². The molecule has 1 rings (SSSR count). The van der Waals surface area contributed by atoms with Gasteiger partial charge < -0.3 is 11.1 Å². The molecule has 0 aromatic heterocycles. The lowest BCUT2D eigenvalue weighted by molar-refractivity contribution is -0.137. The molecule has 0 saturated heterocycles. The van der Waals surface area contributed by atoms with Crippen LogP contribution >= 0.6 is 0 Å². The second-order valence-corrected chi connectivity index (χ2v) is 3.16. The van der Waals surface area contributed by atoms with Gasteiger partial charge in [-0.15, -0.1) is 0 Å². The van der Waals surface area contributed by atoms with Gasteiger partial charge in [0.05, 0.1) is 5.56 Å². The van der Waals surface area contributed by atoms with E-state index in [4.69, 9.17) is 5.73 Å². The average molecular weight is 218 g/mol. The first-order valence-electron chi connectivity index (χ1n) is 4.61. The maximum absolute atomic E-state index is 12.2. The van der Waals surface area contributed by atoms with Gasteiger partial charge in [-0.3, -0.25) is 0 Å². The molecule has 0 spiro atoms. The van der Waals surface area contributed by atoms with Gasteiger partial charge in [0.25, 0.3) is 0 Å². The van der Waals surface area contributed by atoms with Gasteiger partial charge in [-0.05, 0) is 17.7 Å². The summed E-state index contributed by atoms with van der Waals surface area (Å²) in [7, 11) is 0. The number of rotatable bonds is 4. The molecule has 0 heterocycles. The lowest BCUT2D eigenvalue weighted by Gasteiger charge is -2.07. The van der Waals surface area contributed by atoms with E-state index < -0.39 is 11.7 Å². The van der Waals surface area contributed by atoms with E-state index in [1.807, 2.05) is 0 Å². The van der Waals surface area contributed by atoms with E-state index in [9.17, 15) is 13.2 Å². The van der Waals surface area contributed by atoms with Gasteiger partial charge in [0.2, 0.25) is 0 Å². The van der Waals surface area contributed by atoms with Crippen LogP contribution in [0.25, 0.3) is 0 Å². The fraction of sp³-hybridized carbons (Fsp3) is 0.400. The highest BCUT2D eigenvalue weighted by Gasteiger charge is 2.29. The number of nitrogens with two attached hydrogens (primary N) is 1. The predicted octanol–water partition coefficient (Wildman–Crippen LogP) is 1.75. The van der Waals surface area contributed by atoms with E-state index in [0.717, 1.165) is 17.7 Å². The minimum atomic E-state index is -4.26. The second kappa shape index (κ2) is 5.14. The molecule has 0 aliphatic heterocycles. The van der Waals surface area contributed by atoms with Crippen LogP contribution in [0.3, 0.4) is 0 Å². The molecule has 0 unspecified atom stereocenters. The molecule has 84 valence electrons. The van der Waals surface area contributed by atoms with Gasteiger partial charge in [0.1, 0.15) is 0 Å². The average Bonchev–Trinajstić information content (AvgIpc) is 2.18. The van der Waals surface area contributed by atoms with Crippen LogP contribution in [0.4, 0.5) is 13.2 Å². The molecule has 0 amide bonds. The van der Waals surface area contributed by atoms with Gasteiger partial charge in [0, 0.05) is 19.6 Å². The van der Waals surface area contributed by atoms with Gasteiger partial charge in [-0.2, -0.15) is 13.2 Å². The summed E-state index contributed by atoms with van der Waals surface area (Å²) in [6, 6.07) is 5.09. The van der Waals surface area contributed by atoms with Crippen LogP contribution < -0.4 is 11.1 Å². The molecular weight excluding hydrogens is 205 g/mol. The Balaban J connectivity index is 2.57. The minimum Gasteiger partial charge on any atom is -0.329 e. The summed E-state index contributed by atoms with van der Waals surface area (Å²) < 4.78 is 36.6. The van der Waals surface area contributed by atoms with Gasteiger partial charge in [-0.25, -0.2) is 0 Å². The quantitative estimate of drug-likeness (QED) is 0.756. The lowest BCUT2D eigenvalue weighted by atomic mass is 10.1. The number of nitrogens with one attached hydrogen (secondary N) is 1. The fourth-order valence-electron chi connectivity index (χ4n) is 1.15. The van der Waals surface area contributed by atoms with Crippen molar-refractivity contribution in [3.63, 3.8) is 0 Å². The fourth-order valence-corrected chi connectivity index (χ4v) is 1.15. The summed E-state index contributed by atoms with van der Waals surface area (Å²) in [5.74, 6) is 0. The highest BCUT2D eigenvalue weighted by molar-refractivity contribution is 5.24. The Morgan fingerprint density at radius 2 is 1.73 bits per heavy atom. The molecule has 0 fully saturated rings. The molecule has 0 aliphatic rings. The van der Waals surface area contributed by atoms with Crippen LogP contribution in [0, 0.1) is 0 Å². The van der Waals surface area contributed by atoms with Crippen LogP contribution in [0.5, 0.6) is 0 Å². The van der Waals surface area contributed by atoms with Crippen molar-refractivity contribution in [3.8, 4) is 0 Å². The summed E-state index contributed by atoms with van der Waals surface area (Å²) in [4.78, 5) is 0. The smallest absolute Gasteiger partial charge is 0.329 e. The molecule has 0 radical (unpaired) electrons. The van der Waals surface area contributed by atoms with Crippen molar-refractivity contribution < 1.29 is 13.2 Å². The number of benzene rings is 1. The molecule has 1 aromatic rings. The molecule has 15 heavy (non-hydrogen) atoms. The Morgan fingerprint density at radius 3 is 2.20 bits per heavy atom. The topological polar surface area (TPSA) is 38.0 Å². The Bertz CT molecular complexity index is 293. The predicted molar refractivity (Wildman–Crippen MR) is 52.2 cm³/mol. The van der Waals surface area contributed by atoms with Gasteiger partial charge in [0.15, 0.2) is 0 Å². The normalized spacial score (nSPS) is 11.7. The molecule has 0 aliphatic carbocycles. The first-order valence-corrected chi connectivity index (χ1v) is 4.61. The summed E-state index contributed by atoms with van der Waals surface area (Å²) >= 11 is 0. The highest BCUT2D eigenvalue weighted by atomic mass is 19.4. The Labute approximate surface area is 86.3 Å². The van der Waals surface area contributed by atoms with Crippen molar-refractivity contribution in [2.24, 2.45) is 5.73 Å². The first-order chi connectivity index (χ1) is 7.04. The summed E-state index contributed by atoms with van der Waals surface area (Å²) in [5, 5.41) is 3.00.